The van der Waals surface area contributed by atoms with Crippen molar-refractivity contribution in [1.82, 2.24) is 0 Å². The van der Waals surface area contributed by atoms with E-state index in [9.17, 15) is 5.53 Å². The van der Waals surface area contributed by atoms with Gasteiger partial charge in [0.25, 0.3) is 0 Å². The number of allylic oxidation sites excluding steroid dienone is 2. The first-order valence-electron chi connectivity index (χ1n) is 21.4. The molecule has 0 saturated heterocycles. The van der Waals surface area contributed by atoms with Crippen LogP contribution in [0.3, 0.4) is 0 Å². The Morgan fingerprint density at radius 1 is 0.407 bits per heavy atom. The van der Waals surface area contributed by atoms with Crippen molar-refractivity contribution >= 4 is 19.5 Å². The van der Waals surface area contributed by atoms with Gasteiger partial charge in [-0.05, 0) is 86.8 Å². The number of unbranched alkanes of at least 4 members (excludes halogenated alkanes) is 11. The molecule has 0 spiro atoms. The molecule has 54 heavy (non-hydrogen) atoms. The van der Waals surface area contributed by atoms with Gasteiger partial charge in [-0.1, -0.05) is 123 Å². The molecule has 0 atom stereocenters. The molecule has 2 nitrogen and oxygen atoms in total. The normalized spacial score (nSPS) is 12.8. The number of nitrogens with zero attached hydrogens (tertiary/aromatic N) is 2. The van der Waals surface area contributed by atoms with Gasteiger partial charge >= 0.3 is 86.7 Å². The van der Waals surface area contributed by atoms with Gasteiger partial charge in [0.05, 0.1) is 0 Å². The van der Waals surface area contributed by atoms with Crippen LogP contribution in [0, 0.1) is 0 Å². The summed E-state index contributed by atoms with van der Waals surface area (Å²) in [5.41, 5.74) is 21.8. The maximum absolute atomic E-state index is 11.9. The Hall–Kier alpha value is -3.38. The van der Waals surface area contributed by atoms with E-state index in [-0.39, 0.29) is 0 Å². The molecule has 0 fully saturated rings. The molecule has 1 aliphatic rings. The molecular formula is C51H68N2Pd. The minimum atomic E-state index is 0.575. The van der Waals surface area contributed by atoms with Gasteiger partial charge in [0.1, 0.15) is 0 Å². The van der Waals surface area contributed by atoms with Gasteiger partial charge in [0, 0.05) is 22.3 Å². The average Bonchev–Trinajstić information content (AvgIpc) is 3.48. The second kappa shape index (κ2) is 25.7. The molecule has 0 saturated carbocycles. The predicted molar refractivity (Wildman–Crippen MR) is 231 cm³/mol. The zero-order chi connectivity index (χ0) is 38.2. The fourth-order valence-corrected chi connectivity index (χ4v) is 8.91. The van der Waals surface area contributed by atoms with Crippen LogP contribution >= 0.6 is 0 Å². The summed E-state index contributed by atoms with van der Waals surface area (Å²) in [5.74, 6) is 0. The Balaban J connectivity index is 0.000000416. The van der Waals surface area contributed by atoms with Crippen LogP contribution in [0.4, 0.5) is 0 Å². The maximum atomic E-state index is 11.9. The molecule has 0 radical (unpaired) electrons. The monoisotopic (exact) mass is 814 g/mol. The van der Waals surface area contributed by atoms with Crippen LogP contribution < -0.4 is 8.07 Å². The summed E-state index contributed by atoms with van der Waals surface area (Å²) in [6.07, 6.45) is 23.3. The standard InChI is InChI=1S/C39H58N2.2C6H5.Pd/c1-5-9-13-15-16-18-21-32-27-29-34(30-28-32)38-36(25-12-8-4)37(26-19-14-10-6-2)39(41(38)40)35-24-20-23-33(31-35)22-17-11-7-3;2*1-2-4-6-5-3-1;/h20,23-24,27-31H,5-19,21-22,25-26H2,1-4H3;2*1-5H;. The van der Waals surface area contributed by atoms with Crippen molar-refractivity contribution < 1.29 is 22.7 Å². The second-order valence-electron chi connectivity index (χ2n) is 14.9. The Kier molecular flexibility index (Phi) is 20.6. The summed E-state index contributed by atoms with van der Waals surface area (Å²) in [4.78, 5) is 0. The van der Waals surface area contributed by atoms with Gasteiger partial charge in [0.2, 0.25) is 11.4 Å². The number of rotatable bonds is 23. The van der Waals surface area contributed by atoms with Crippen molar-refractivity contribution in [3.8, 4) is 0 Å². The van der Waals surface area contributed by atoms with Crippen LogP contribution in [0.1, 0.15) is 159 Å². The SMILES string of the molecule is CCCCCCCCc1ccc(C2=C(CCCC)C(CCCCCC)=C(c3cccc(CCCCC)c3)[N+]2=[N-])cc1.c1cc[c]([Pd][c]2ccccc2)cc1. The molecule has 3 heteroatoms. The summed E-state index contributed by atoms with van der Waals surface area (Å²) in [6, 6.07) is 39.3. The van der Waals surface area contributed by atoms with E-state index in [0.29, 0.717) is 18.0 Å². The van der Waals surface area contributed by atoms with E-state index >= 15 is 0 Å². The fourth-order valence-electron chi connectivity index (χ4n) is 7.28. The van der Waals surface area contributed by atoms with E-state index in [4.69, 9.17) is 0 Å². The van der Waals surface area contributed by atoms with Gasteiger partial charge in [0.15, 0.2) is 0 Å². The number of benzene rings is 4. The van der Waals surface area contributed by atoms with Crippen molar-refractivity contribution in [1.29, 1.82) is 0 Å². The van der Waals surface area contributed by atoms with Crippen molar-refractivity contribution in [2.45, 2.75) is 150 Å². The molecule has 4 aromatic carbocycles. The molecule has 4 aromatic rings. The topological polar surface area (TPSA) is 25.3 Å². The van der Waals surface area contributed by atoms with Crippen molar-refractivity contribution in [2.75, 3.05) is 0 Å². The Bertz CT molecular complexity index is 1660. The number of aryl methyl sites for hydroxylation is 2. The van der Waals surface area contributed by atoms with E-state index in [1.807, 2.05) is 0 Å². The summed E-state index contributed by atoms with van der Waals surface area (Å²) >= 11 is 0.575. The quantitative estimate of drug-likeness (QED) is 0.0405. The third-order valence-corrected chi connectivity index (χ3v) is 12.3. The summed E-state index contributed by atoms with van der Waals surface area (Å²) in [7, 11) is 0. The molecule has 0 unspecified atom stereocenters. The average molecular weight is 816 g/mol. The first-order chi connectivity index (χ1) is 26.6. The van der Waals surface area contributed by atoms with Crippen molar-refractivity contribution in [2.24, 2.45) is 0 Å². The van der Waals surface area contributed by atoms with Crippen LogP contribution in [0.15, 0.2) is 120 Å². The summed E-state index contributed by atoms with van der Waals surface area (Å²) < 4.78 is 4.40. The third-order valence-electron chi connectivity index (χ3n) is 10.3. The Morgan fingerprint density at radius 3 is 1.48 bits per heavy atom. The first-order valence-corrected chi connectivity index (χ1v) is 23.0. The fraction of sp³-hybridized carbons (Fsp3) is 0.451. The molecule has 1 aliphatic heterocycles. The molecular weight excluding hydrogens is 747 g/mol. The van der Waals surface area contributed by atoms with Crippen LogP contribution in [0.25, 0.3) is 16.9 Å². The Morgan fingerprint density at radius 2 is 0.870 bits per heavy atom. The zero-order valence-electron chi connectivity index (χ0n) is 34.0. The Labute approximate surface area is 338 Å². The third kappa shape index (κ3) is 14.4. The van der Waals surface area contributed by atoms with E-state index < -0.39 is 0 Å². The number of hydrogen-bond donors (Lipinski definition) is 0. The van der Waals surface area contributed by atoms with Gasteiger partial charge in [-0.15, -0.1) is 0 Å². The van der Waals surface area contributed by atoms with Crippen LogP contribution in [0.5, 0.6) is 0 Å². The van der Waals surface area contributed by atoms with Crippen molar-refractivity contribution in [3.63, 3.8) is 0 Å². The summed E-state index contributed by atoms with van der Waals surface area (Å²) in [6.45, 7) is 9.09. The van der Waals surface area contributed by atoms with Crippen LogP contribution in [0.2, 0.25) is 0 Å². The van der Waals surface area contributed by atoms with Gasteiger partial charge in [-0.2, -0.15) is 0 Å². The van der Waals surface area contributed by atoms with E-state index in [0.717, 1.165) is 61.0 Å². The molecule has 0 aromatic heterocycles. The zero-order valence-corrected chi connectivity index (χ0v) is 35.6. The minimum absolute atomic E-state index is 0.575. The molecule has 5 rings (SSSR count). The molecule has 0 amide bonds. The number of hydrogen-bond acceptors (Lipinski definition) is 0. The molecule has 0 aliphatic carbocycles. The second-order valence-corrected chi connectivity index (χ2v) is 17.0. The van der Waals surface area contributed by atoms with E-state index in [2.05, 4.69) is 137 Å². The van der Waals surface area contributed by atoms with E-state index in [1.54, 1.807) is 4.70 Å². The molecule has 1 heterocycles. The predicted octanol–water partition coefficient (Wildman–Crippen LogP) is 14.4. The summed E-state index contributed by atoms with van der Waals surface area (Å²) in [5, 5.41) is 0. The van der Waals surface area contributed by atoms with E-state index in [1.165, 1.54) is 114 Å². The molecule has 0 N–H and O–H groups in total. The van der Waals surface area contributed by atoms with Gasteiger partial charge in [-0.3, -0.25) is 0 Å². The van der Waals surface area contributed by atoms with Gasteiger partial charge < -0.3 is 5.53 Å². The van der Waals surface area contributed by atoms with Crippen LogP contribution in [-0.2, 0) is 30.8 Å². The van der Waals surface area contributed by atoms with Crippen LogP contribution in [-0.4, -0.2) is 4.70 Å². The molecule has 0 bridgehead atoms. The first kappa shape index (κ1) is 43.4. The molecule has 292 valence electrons. The van der Waals surface area contributed by atoms with Gasteiger partial charge in [-0.25, -0.2) is 4.70 Å². The van der Waals surface area contributed by atoms with Crippen molar-refractivity contribution in [3.05, 3.63) is 148 Å².